The van der Waals surface area contributed by atoms with Crippen LogP contribution in [0.4, 0.5) is 10.1 Å². The summed E-state index contributed by atoms with van der Waals surface area (Å²) >= 11 is 0. The largest absolute Gasteiger partial charge is 0.382 e. The average Bonchev–Trinajstić information content (AvgIpc) is 3.34. The first-order valence-electron chi connectivity index (χ1n) is 13.5. The van der Waals surface area contributed by atoms with Crippen molar-refractivity contribution < 1.29 is 4.39 Å². The van der Waals surface area contributed by atoms with Crippen LogP contribution in [0.15, 0.2) is 60.9 Å². The Hall–Kier alpha value is -3.95. The van der Waals surface area contributed by atoms with E-state index in [9.17, 15) is 4.39 Å². The number of fused-ring (bicyclic) bond motifs is 2. The number of halogens is 1. The first kappa shape index (κ1) is 25.3. The first-order valence-corrected chi connectivity index (χ1v) is 13.5. The molecule has 0 radical (unpaired) electrons. The quantitative estimate of drug-likeness (QED) is 0.325. The molecule has 9 heteroatoms. The number of aromatic nitrogens is 5. The molecule has 39 heavy (non-hydrogen) atoms. The number of nitrogens with zero attached hydrogens (tertiary/aromatic N) is 7. The van der Waals surface area contributed by atoms with E-state index >= 15 is 0 Å². The molecule has 0 aromatic carbocycles. The number of hydrogen-bond acceptors (Lipinski definition) is 7. The molecule has 6 heterocycles. The molecule has 0 amide bonds. The molecule has 0 atom stereocenters. The van der Waals surface area contributed by atoms with Crippen molar-refractivity contribution >= 4 is 22.4 Å². The molecule has 1 aliphatic rings. The maximum atomic E-state index is 14.0. The van der Waals surface area contributed by atoms with Crippen molar-refractivity contribution in [2.45, 2.75) is 26.8 Å². The van der Waals surface area contributed by atoms with E-state index in [0.29, 0.717) is 23.1 Å². The normalized spacial score (nSPS) is 15.0. The maximum Gasteiger partial charge on any atom is 0.144 e. The molecule has 200 valence electrons. The molecule has 1 fully saturated rings. The van der Waals surface area contributed by atoms with Crippen LogP contribution < -0.4 is 5.32 Å². The van der Waals surface area contributed by atoms with E-state index in [2.05, 4.69) is 38.9 Å². The molecule has 1 aliphatic heterocycles. The number of aryl methyl sites for hydroxylation is 1. The van der Waals surface area contributed by atoms with Gasteiger partial charge in [-0.1, -0.05) is 6.07 Å². The smallest absolute Gasteiger partial charge is 0.144 e. The second-order valence-electron chi connectivity index (χ2n) is 10.4. The van der Waals surface area contributed by atoms with E-state index in [1.807, 2.05) is 53.2 Å². The fourth-order valence-corrected chi connectivity index (χ4v) is 5.19. The zero-order valence-electron chi connectivity index (χ0n) is 22.6. The van der Waals surface area contributed by atoms with Gasteiger partial charge in [-0.25, -0.2) is 19.3 Å². The van der Waals surface area contributed by atoms with Crippen molar-refractivity contribution in [2.24, 2.45) is 0 Å². The number of pyridine rings is 4. The summed E-state index contributed by atoms with van der Waals surface area (Å²) in [4.78, 5) is 24.0. The van der Waals surface area contributed by atoms with Gasteiger partial charge in [0.2, 0.25) is 0 Å². The molecule has 1 N–H and O–H groups in total. The van der Waals surface area contributed by atoms with Crippen LogP contribution in [0, 0.1) is 12.7 Å². The number of imidazole rings is 1. The number of piperazine rings is 1. The van der Waals surface area contributed by atoms with Crippen molar-refractivity contribution in [3.05, 3.63) is 72.4 Å². The van der Waals surface area contributed by atoms with E-state index in [4.69, 9.17) is 9.97 Å². The minimum Gasteiger partial charge on any atom is -0.382 e. The average molecular weight is 525 g/mol. The highest BCUT2D eigenvalue weighted by Crippen LogP contribution is 2.32. The van der Waals surface area contributed by atoms with E-state index < -0.39 is 0 Å². The van der Waals surface area contributed by atoms with Crippen LogP contribution in [-0.4, -0.2) is 79.4 Å². The third-order valence-electron chi connectivity index (χ3n) is 7.47. The minimum absolute atomic E-state index is 0.336. The summed E-state index contributed by atoms with van der Waals surface area (Å²) < 4.78 is 16.0. The van der Waals surface area contributed by atoms with Crippen molar-refractivity contribution in [1.82, 2.24) is 34.1 Å². The lowest BCUT2D eigenvalue weighted by Gasteiger charge is -2.36. The SMILES string of the molecule is Cc1nc(-c2nc3ccccn3c2-c2ccc3ncc(NCCN4CCN(C(C)C)CC4)cc3n2)ccc1F. The third-order valence-corrected chi connectivity index (χ3v) is 7.47. The van der Waals surface area contributed by atoms with Gasteiger partial charge in [-0.3, -0.25) is 19.2 Å². The van der Waals surface area contributed by atoms with Gasteiger partial charge in [0.05, 0.1) is 40.0 Å². The van der Waals surface area contributed by atoms with Crippen LogP contribution in [0.1, 0.15) is 19.5 Å². The lowest BCUT2D eigenvalue weighted by atomic mass is 10.1. The Bertz CT molecular complexity index is 1620. The number of anilines is 1. The van der Waals surface area contributed by atoms with Gasteiger partial charge in [-0.2, -0.15) is 0 Å². The Morgan fingerprint density at radius 3 is 2.54 bits per heavy atom. The summed E-state index contributed by atoms with van der Waals surface area (Å²) in [5, 5.41) is 3.53. The molecule has 0 bridgehead atoms. The fraction of sp³-hybridized carbons (Fsp3) is 0.333. The summed E-state index contributed by atoms with van der Waals surface area (Å²) in [5.74, 6) is -0.336. The molecule has 5 aromatic rings. The second-order valence-corrected chi connectivity index (χ2v) is 10.4. The van der Waals surface area contributed by atoms with Gasteiger partial charge in [0.25, 0.3) is 0 Å². The Morgan fingerprint density at radius 1 is 0.923 bits per heavy atom. The number of nitrogens with one attached hydrogen (secondary N) is 1. The zero-order chi connectivity index (χ0) is 26.9. The van der Waals surface area contributed by atoms with Crippen LogP contribution >= 0.6 is 0 Å². The predicted octanol–water partition coefficient (Wildman–Crippen LogP) is 4.89. The van der Waals surface area contributed by atoms with Gasteiger partial charge >= 0.3 is 0 Å². The summed E-state index contributed by atoms with van der Waals surface area (Å²) in [6.07, 6.45) is 3.83. The summed E-state index contributed by atoms with van der Waals surface area (Å²) in [6.45, 7) is 12.5. The number of hydrogen-bond donors (Lipinski definition) is 1. The van der Waals surface area contributed by atoms with Gasteiger partial charge in [-0.15, -0.1) is 0 Å². The van der Waals surface area contributed by atoms with Crippen LogP contribution in [0.25, 0.3) is 39.5 Å². The Morgan fingerprint density at radius 2 is 1.74 bits per heavy atom. The van der Waals surface area contributed by atoms with Crippen LogP contribution in [0.2, 0.25) is 0 Å². The van der Waals surface area contributed by atoms with Crippen LogP contribution in [0.3, 0.4) is 0 Å². The Kier molecular flexibility index (Phi) is 6.93. The van der Waals surface area contributed by atoms with E-state index in [1.54, 1.807) is 13.0 Å². The Balaban J connectivity index is 1.27. The molecular formula is C30H33FN8. The third kappa shape index (κ3) is 5.20. The fourth-order valence-electron chi connectivity index (χ4n) is 5.19. The molecule has 6 rings (SSSR count). The maximum absolute atomic E-state index is 14.0. The monoisotopic (exact) mass is 524 g/mol. The second kappa shape index (κ2) is 10.7. The topological polar surface area (TPSA) is 74.5 Å². The molecule has 0 saturated carbocycles. The number of rotatable bonds is 7. The van der Waals surface area contributed by atoms with Crippen molar-refractivity contribution in [1.29, 1.82) is 0 Å². The molecule has 8 nitrogen and oxygen atoms in total. The molecule has 0 aliphatic carbocycles. The van der Waals surface area contributed by atoms with Gasteiger partial charge in [-0.05, 0) is 63.2 Å². The zero-order valence-corrected chi connectivity index (χ0v) is 22.6. The van der Waals surface area contributed by atoms with Crippen molar-refractivity contribution in [3.63, 3.8) is 0 Å². The summed E-state index contributed by atoms with van der Waals surface area (Å²) in [7, 11) is 0. The van der Waals surface area contributed by atoms with E-state index in [1.165, 1.54) is 6.07 Å². The Labute approximate surface area is 227 Å². The van der Waals surface area contributed by atoms with Gasteiger partial charge in [0, 0.05) is 51.5 Å². The molecular weight excluding hydrogens is 491 g/mol. The highest BCUT2D eigenvalue weighted by atomic mass is 19.1. The van der Waals surface area contributed by atoms with Gasteiger partial charge in [0.1, 0.15) is 22.9 Å². The standard InChI is InChI=1S/C30H33FN8/c1-20(2)38-16-14-37(15-17-38)13-11-32-22-18-27-24(33-19-22)9-10-26(35-27)30-29(25-8-7-23(31)21(3)34-25)36-28-6-4-5-12-39(28)30/h4-10,12,18-20,32H,11,13-17H2,1-3H3. The molecule has 1 saturated heterocycles. The molecule has 0 spiro atoms. The van der Waals surface area contributed by atoms with Crippen LogP contribution in [0.5, 0.6) is 0 Å². The lowest BCUT2D eigenvalue weighted by Crippen LogP contribution is -2.49. The highest BCUT2D eigenvalue weighted by Gasteiger charge is 2.20. The predicted molar refractivity (Wildman–Crippen MR) is 153 cm³/mol. The molecule has 0 unspecified atom stereocenters. The first-order chi connectivity index (χ1) is 19.0. The van der Waals surface area contributed by atoms with Gasteiger partial charge < -0.3 is 5.32 Å². The molecule has 5 aromatic heterocycles. The summed E-state index contributed by atoms with van der Waals surface area (Å²) in [6, 6.07) is 15.5. The van der Waals surface area contributed by atoms with Gasteiger partial charge in [0.15, 0.2) is 0 Å². The lowest BCUT2D eigenvalue weighted by molar-refractivity contribution is 0.111. The van der Waals surface area contributed by atoms with Crippen molar-refractivity contribution in [3.8, 4) is 22.8 Å². The van der Waals surface area contributed by atoms with E-state index in [0.717, 1.165) is 73.0 Å². The highest BCUT2D eigenvalue weighted by molar-refractivity contribution is 5.84. The minimum atomic E-state index is -0.336. The van der Waals surface area contributed by atoms with Crippen molar-refractivity contribution in [2.75, 3.05) is 44.6 Å². The summed E-state index contributed by atoms with van der Waals surface area (Å²) in [5.41, 5.74) is 6.50. The van der Waals surface area contributed by atoms with Crippen LogP contribution in [-0.2, 0) is 0 Å². The van der Waals surface area contributed by atoms with E-state index in [-0.39, 0.29) is 5.82 Å².